The first kappa shape index (κ1) is 13.3. The van der Waals surface area contributed by atoms with Crippen LogP contribution in [0.4, 0.5) is 17.2 Å². The minimum absolute atomic E-state index is 0.309. The van der Waals surface area contributed by atoms with Crippen molar-refractivity contribution < 1.29 is 4.74 Å². The molecule has 0 atom stereocenters. The van der Waals surface area contributed by atoms with Gasteiger partial charge in [0.2, 0.25) is 0 Å². The van der Waals surface area contributed by atoms with Gasteiger partial charge in [-0.15, -0.1) is 0 Å². The van der Waals surface area contributed by atoms with Gasteiger partial charge in [0.1, 0.15) is 11.9 Å². The van der Waals surface area contributed by atoms with Crippen LogP contribution < -0.4 is 10.2 Å². The van der Waals surface area contributed by atoms with Crippen LogP contribution in [0.3, 0.4) is 0 Å². The molecule has 1 fully saturated rings. The van der Waals surface area contributed by atoms with E-state index in [4.69, 9.17) is 10.00 Å². The summed E-state index contributed by atoms with van der Waals surface area (Å²) in [4.78, 5) is 10.4. The van der Waals surface area contributed by atoms with Crippen molar-refractivity contribution in [3.63, 3.8) is 0 Å². The summed E-state index contributed by atoms with van der Waals surface area (Å²) in [5.41, 5.74) is 2.43. The fraction of sp³-hybridized carbons (Fsp3) is 0.267. The number of nitrogens with zero attached hydrogens (tertiary/aromatic N) is 4. The molecule has 0 amide bonds. The van der Waals surface area contributed by atoms with Gasteiger partial charge >= 0.3 is 0 Å². The number of hydrogen-bond donors (Lipinski definition) is 1. The Morgan fingerprint density at radius 3 is 2.48 bits per heavy atom. The topological polar surface area (TPSA) is 74.1 Å². The molecule has 0 saturated carbocycles. The zero-order chi connectivity index (χ0) is 14.5. The molecule has 0 aliphatic carbocycles. The first-order valence-electron chi connectivity index (χ1n) is 6.77. The highest BCUT2D eigenvalue weighted by molar-refractivity contribution is 5.60. The second-order valence-electron chi connectivity index (χ2n) is 4.67. The number of rotatable bonds is 3. The molecule has 1 aliphatic heterocycles. The minimum Gasteiger partial charge on any atom is -0.378 e. The Morgan fingerprint density at radius 2 is 1.86 bits per heavy atom. The summed E-state index contributed by atoms with van der Waals surface area (Å²) in [6.07, 6.45) is 3.00. The predicted octanol–water partition coefficient (Wildman–Crippen LogP) is 1.93. The van der Waals surface area contributed by atoms with E-state index in [1.165, 1.54) is 11.9 Å². The number of morpholine rings is 1. The first-order valence-corrected chi connectivity index (χ1v) is 6.77. The van der Waals surface area contributed by atoms with Crippen LogP contribution in [0.25, 0.3) is 0 Å². The van der Waals surface area contributed by atoms with Crippen molar-refractivity contribution in [2.24, 2.45) is 0 Å². The molecule has 2 heterocycles. The number of hydrogen-bond acceptors (Lipinski definition) is 6. The molecule has 21 heavy (non-hydrogen) atoms. The molecule has 0 bridgehead atoms. The fourth-order valence-electron chi connectivity index (χ4n) is 2.18. The third-order valence-corrected chi connectivity index (χ3v) is 3.28. The van der Waals surface area contributed by atoms with Crippen LogP contribution in [-0.4, -0.2) is 36.3 Å². The van der Waals surface area contributed by atoms with Gasteiger partial charge in [0, 0.05) is 24.5 Å². The van der Waals surface area contributed by atoms with E-state index in [0.29, 0.717) is 11.5 Å². The molecule has 1 saturated heterocycles. The number of anilines is 3. The largest absolute Gasteiger partial charge is 0.378 e. The van der Waals surface area contributed by atoms with Gasteiger partial charge in [0.25, 0.3) is 0 Å². The number of nitriles is 1. The van der Waals surface area contributed by atoms with Gasteiger partial charge in [-0.1, -0.05) is 0 Å². The van der Waals surface area contributed by atoms with Crippen LogP contribution in [0.2, 0.25) is 0 Å². The minimum atomic E-state index is 0.309. The van der Waals surface area contributed by atoms with E-state index in [-0.39, 0.29) is 0 Å². The molecule has 1 aromatic heterocycles. The van der Waals surface area contributed by atoms with Crippen LogP contribution >= 0.6 is 0 Å². The molecule has 6 nitrogen and oxygen atoms in total. The molecular formula is C15H15N5O. The Labute approximate surface area is 123 Å². The summed E-state index contributed by atoms with van der Waals surface area (Å²) in [6.45, 7) is 3.41. The van der Waals surface area contributed by atoms with Crippen molar-refractivity contribution in [2.75, 3.05) is 36.5 Å². The average Bonchev–Trinajstić information content (AvgIpc) is 2.57. The van der Waals surface area contributed by atoms with Gasteiger partial charge in [0.15, 0.2) is 5.69 Å². The van der Waals surface area contributed by atoms with Gasteiger partial charge in [-0.05, 0) is 24.3 Å². The Bertz CT molecular complexity index is 627. The van der Waals surface area contributed by atoms with E-state index in [2.05, 4.69) is 32.3 Å². The maximum atomic E-state index is 8.69. The highest BCUT2D eigenvalue weighted by Gasteiger charge is 2.10. The SMILES string of the molecule is N#Cc1cnc(Nc2ccc(N3CCOCC3)cc2)cn1. The molecule has 106 valence electrons. The van der Waals surface area contributed by atoms with Crippen LogP contribution in [-0.2, 0) is 4.74 Å². The van der Waals surface area contributed by atoms with Crippen molar-refractivity contribution in [3.8, 4) is 6.07 Å². The second-order valence-corrected chi connectivity index (χ2v) is 4.67. The zero-order valence-electron chi connectivity index (χ0n) is 11.5. The quantitative estimate of drug-likeness (QED) is 0.926. The van der Waals surface area contributed by atoms with Crippen LogP contribution in [0.15, 0.2) is 36.7 Å². The van der Waals surface area contributed by atoms with Crippen molar-refractivity contribution in [2.45, 2.75) is 0 Å². The Morgan fingerprint density at radius 1 is 1.10 bits per heavy atom. The molecule has 0 radical (unpaired) electrons. The monoisotopic (exact) mass is 281 g/mol. The van der Waals surface area contributed by atoms with Gasteiger partial charge < -0.3 is 15.0 Å². The van der Waals surface area contributed by atoms with Gasteiger partial charge in [0.05, 0.1) is 25.6 Å². The third-order valence-electron chi connectivity index (χ3n) is 3.28. The average molecular weight is 281 g/mol. The molecule has 6 heteroatoms. The van der Waals surface area contributed by atoms with Gasteiger partial charge in [-0.25, -0.2) is 9.97 Å². The lowest BCUT2D eigenvalue weighted by atomic mass is 10.2. The predicted molar refractivity (Wildman–Crippen MR) is 79.5 cm³/mol. The van der Waals surface area contributed by atoms with Gasteiger partial charge in [-0.3, -0.25) is 0 Å². The van der Waals surface area contributed by atoms with Crippen molar-refractivity contribution >= 4 is 17.2 Å². The summed E-state index contributed by atoms with van der Waals surface area (Å²) >= 11 is 0. The molecule has 0 unspecified atom stereocenters. The second kappa shape index (κ2) is 6.20. The summed E-state index contributed by atoms with van der Waals surface area (Å²) in [5.74, 6) is 0.619. The number of nitrogens with one attached hydrogen (secondary N) is 1. The lowest BCUT2D eigenvalue weighted by Gasteiger charge is -2.28. The smallest absolute Gasteiger partial charge is 0.158 e. The Balaban J connectivity index is 1.67. The zero-order valence-corrected chi connectivity index (χ0v) is 11.5. The fourth-order valence-corrected chi connectivity index (χ4v) is 2.18. The summed E-state index contributed by atoms with van der Waals surface area (Å²) in [5, 5.41) is 11.8. The maximum absolute atomic E-state index is 8.69. The first-order chi connectivity index (χ1) is 10.3. The summed E-state index contributed by atoms with van der Waals surface area (Å²) < 4.78 is 5.35. The molecule has 0 spiro atoms. The van der Waals surface area contributed by atoms with E-state index >= 15 is 0 Å². The molecule has 1 N–H and O–H groups in total. The summed E-state index contributed by atoms with van der Waals surface area (Å²) in [7, 11) is 0. The molecule has 1 aromatic carbocycles. The highest BCUT2D eigenvalue weighted by atomic mass is 16.5. The third kappa shape index (κ3) is 3.27. The number of benzene rings is 1. The molecule has 1 aliphatic rings. The number of ether oxygens (including phenoxy) is 1. The van der Waals surface area contributed by atoms with Crippen LogP contribution in [0.1, 0.15) is 5.69 Å². The van der Waals surface area contributed by atoms with Crippen LogP contribution in [0.5, 0.6) is 0 Å². The lowest BCUT2D eigenvalue weighted by molar-refractivity contribution is 0.122. The van der Waals surface area contributed by atoms with E-state index in [1.54, 1.807) is 6.20 Å². The Hall–Kier alpha value is -2.65. The van der Waals surface area contributed by atoms with E-state index in [1.807, 2.05) is 18.2 Å². The lowest BCUT2D eigenvalue weighted by Crippen LogP contribution is -2.36. The van der Waals surface area contributed by atoms with Crippen LogP contribution in [0, 0.1) is 11.3 Å². The van der Waals surface area contributed by atoms with Crippen molar-refractivity contribution in [1.82, 2.24) is 9.97 Å². The van der Waals surface area contributed by atoms with E-state index in [0.717, 1.165) is 32.0 Å². The van der Waals surface area contributed by atoms with E-state index < -0.39 is 0 Å². The highest BCUT2D eigenvalue weighted by Crippen LogP contribution is 2.20. The van der Waals surface area contributed by atoms with E-state index in [9.17, 15) is 0 Å². The maximum Gasteiger partial charge on any atom is 0.158 e. The molecule has 3 rings (SSSR count). The van der Waals surface area contributed by atoms with Crippen molar-refractivity contribution in [1.29, 1.82) is 5.26 Å². The summed E-state index contributed by atoms with van der Waals surface area (Å²) in [6, 6.07) is 10.1. The molecule has 2 aromatic rings. The van der Waals surface area contributed by atoms with Gasteiger partial charge in [-0.2, -0.15) is 5.26 Å². The standard InChI is InChI=1S/C15H15N5O/c16-9-13-10-18-15(11-17-13)19-12-1-3-14(4-2-12)20-5-7-21-8-6-20/h1-4,10-11H,5-8H2,(H,18,19). The molecular weight excluding hydrogens is 266 g/mol. The Kier molecular flexibility index (Phi) is 3.94. The van der Waals surface area contributed by atoms with Crippen molar-refractivity contribution in [3.05, 3.63) is 42.4 Å². The normalized spacial score (nSPS) is 14.5. The number of aromatic nitrogens is 2.